The van der Waals surface area contributed by atoms with Gasteiger partial charge in [0.1, 0.15) is 22.8 Å². The van der Waals surface area contributed by atoms with E-state index in [1.807, 2.05) is 12.1 Å². The van der Waals surface area contributed by atoms with Crippen molar-refractivity contribution in [2.45, 2.75) is 117 Å². The number of carbonyl (C=O) groups is 5. The molecule has 1 aliphatic rings. The number of nitrogens with one attached hydrogen (secondary N) is 1. The molecule has 4 amide bonds. The van der Waals surface area contributed by atoms with E-state index in [1.165, 1.54) is 6.20 Å². The Hall–Kier alpha value is -5.19. The summed E-state index contributed by atoms with van der Waals surface area (Å²) in [6, 6.07) is 10.5. The number of carbonyl (C=O) groups excluding carboxylic acids is 3. The maximum Gasteiger partial charge on any atom is 0.425 e. The molecule has 2 atom stereocenters. The van der Waals surface area contributed by atoms with Crippen LogP contribution >= 0.6 is 23.2 Å². The lowest BCUT2D eigenvalue weighted by Crippen LogP contribution is -2.53. The number of carboxylic acid groups (broad SMARTS) is 2. The smallest absolute Gasteiger partial charge is 0.425 e. The summed E-state index contributed by atoms with van der Waals surface area (Å²) >= 11 is 13.2. The number of anilines is 2. The number of benzene rings is 2. The fourth-order valence-corrected chi connectivity index (χ4v) is 6.28. The van der Waals surface area contributed by atoms with Gasteiger partial charge in [-0.25, -0.2) is 33.9 Å². The molecule has 58 heavy (non-hydrogen) atoms. The third-order valence-electron chi connectivity index (χ3n) is 8.32. The van der Waals surface area contributed by atoms with Crippen LogP contribution in [0.3, 0.4) is 0 Å². The number of piperidine rings is 1. The van der Waals surface area contributed by atoms with E-state index < -0.39 is 59.0 Å². The number of hydrogen-bond acceptors (Lipinski definition) is 11. The van der Waals surface area contributed by atoms with Gasteiger partial charge in [-0.05, 0) is 92.9 Å². The number of ether oxygens (including phenoxy) is 3. The number of aliphatic carboxylic acids is 1. The lowest BCUT2D eigenvalue weighted by molar-refractivity contribution is -0.144. The molecule has 314 valence electrons. The number of likely N-dealkylation sites (tertiary alicyclic amines) is 1. The summed E-state index contributed by atoms with van der Waals surface area (Å²) in [4.78, 5) is 77.2. The molecule has 1 saturated heterocycles. The number of hydrogen-bond donors (Lipinski definition) is 3. The standard InChI is InChI=1S/C40H50Cl2N6O10/c1-38(2,3)56-35(53)47(22-26-27(41)11-10-12-28(26)42)32-31(48(36(54)57-39(4,5)6)37(55)58-40(7,8)9)44-21-29(45-32)24-15-13-23(14-16-24)20-43-25-17-18-46(34(51)52)30(19-25)33(49)50/h10-16,21,25,30,43H,17-20,22H2,1-9H3,(H,49,50)(H,51,52)/t25?,30-/m1/s1. The van der Waals surface area contributed by atoms with Gasteiger partial charge in [0, 0.05) is 40.3 Å². The van der Waals surface area contributed by atoms with Crippen molar-refractivity contribution < 1.29 is 48.4 Å². The van der Waals surface area contributed by atoms with E-state index in [0.29, 0.717) is 29.0 Å². The minimum Gasteiger partial charge on any atom is -0.480 e. The lowest BCUT2D eigenvalue weighted by atomic mass is 9.97. The molecule has 3 aromatic rings. The SMILES string of the molecule is CC(C)(C)OC(=O)N(Cc1c(Cl)cccc1Cl)c1nc(-c2ccc(CNC3CCN(C(=O)O)[C@@H](C(=O)O)C3)cc2)cnc1N(C(=O)OC(C)(C)C)C(=O)OC(C)(C)C. The van der Waals surface area contributed by atoms with E-state index in [9.17, 15) is 34.2 Å². The lowest BCUT2D eigenvalue weighted by Gasteiger charge is -2.35. The monoisotopic (exact) mass is 844 g/mol. The molecular formula is C40H50Cl2N6O10. The van der Waals surface area contributed by atoms with Gasteiger partial charge in [0.05, 0.1) is 18.4 Å². The molecule has 0 aliphatic carbocycles. The van der Waals surface area contributed by atoms with Crippen molar-refractivity contribution >= 4 is 65.2 Å². The van der Waals surface area contributed by atoms with Crippen molar-refractivity contribution in [1.82, 2.24) is 20.2 Å². The van der Waals surface area contributed by atoms with Gasteiger partial charge in [0.2, 0.25) is 0 Å². The van der Waals surface area contributed by atoms with E-state index in [1.54, 1.807) is 92.6 Å². The summed E-state index contributed by atoms with van der Waals surface area (Å²) < 4.78 is 17.1. The second-order valence-electron chi connectivity index (χ2n) is 16.6. The quantitative estimate of drug-likeness (QED) is 0.173. The highest BCUT2D eigenvalue weighted by Crippen LogP contribution is 2.35. The summed E-state index contributed by atoms with van der Waals surface area (Å²) in [5.74, 6) is -1.90. The minimum absolute atomic E-state index is 0.0855. The summed E-state index contributed by atoms with van der Waals surface area (Å²) in [5.41, 5.74) is -1.23. The molecular weight excluding hydrogens is 795 g/mol. The van der Waals surface area contributed by atoms with Gasteiger partial charge in [0.15, 0.2) is 11.6 Å². The first kappa shape index (κ1) is 45.5. The average molecular weight is 846 g/mol. The number of carboxylic acids is 1. The van der Waals surface area contributed by atoms with Crippen LogP contribution in [-0.4, -0.2) is 90.9 Å². The molecule has 0 spiro atoms. The number of rotatable bonds is 9. The molecule has 3 N–H and O–H groups in total. The van der Waals surface area contributed by atoms with E-state index in [2.05, 4.69) is 10.3 Å². The summed E-state index contributed by atoms with van der Waals surface area (Å²) in [6.07, 6.45) is -2.62. The van der Waals surface area contributed by atoms with Gasteiger partial charge >= 0.3 is 30.3 Å². The normalized spacial score (nSPS) is 15.9. The number of nitrogens with zero attached hydrogens (tertiary/aromatic N) is 5. The zero-order valence-electron chi connectivity index (χ0n) is 34.0. The molecule has 1 aromatic heterocycles. The van der Waals surface area contributed by atoms with Crippen LogP contribution in [-0.2, 0) is 32.1 Å². The predicted octanol–water partition coefficient (Wildman–Crippen LogP) is 8.75. The number of aromatic nitrogens is 2. The van der Waals surface area contributed by atoms with Crippen molar-refractivity contribution in [2.75, 3.05) is 16.3 Å². The number of amides is 4. The van der Waals surface area contributed by atoms with Gasteiger partial charge in [-0.1, -0.05) is 53.5 Å². The second-order valence-corrected chi connectivity index (χ2v) is 17.4. The molecule has 0 radical (unpaired) electrons. The first-order valence-electron chi connectivity index (χ1n) is 18.4. The first-order valence-corrected chi connectivity index (χ1v) is 19.2. The van der Waals surface area contributed by atoms with Gasteiger partial charge in [-0.2, -0.15) is 4.90 Å². The Labute approximate surface area is 347 Å². The molecule has 18 heteroatoms. The largest absolute Gasteiger partial charge is 0.480 e. The fraction of sp³-hybridized carbons (Fsp3) is 0.475. The Balaban J connectivity index is 1.82. The average Bonchev–Trinajstić information content (AvgIpc) is 3.08. The summed E-state index contributed by atoms with van der Waals surface area (Å²) in [7, 11) is 0. The maximum absolute atomic E-state index is 14.2. The van der Waals surface area contributed by atoms with Gasteiger partial charge in [-0.3, -0.25) is 9.80 Å². The Morgan fingerprint density at radius 2 is 1.34 bits per heavy atom. The van der Waals surface area contributed by atoms with Crippen molar-refractivity contribution in [1.29, 1.82) is 0 Å². The third-order valence-corrected chi connectivity index (χ3v) is 9.03. The van der Waals surface area contributed by atoms with Crippen LogP contribution in [0.4, 0.5) is 30.8 Å². The number of imide groups is 1. The third kappa shape index (κ3) is 12.4. The van der Waals surface area contributed by atoms with Crippen molar-refractivity contribution in [3.63, 3.8) is 0 Å². The number of halogens is 2. The van der Waals surface area contributed by atoms with Crippen LogP contribution in [0.25, 0.3) is 11.3 Å². The van der Waals surface area contributed by atoms with E-state index in [-0.39, 0.29) is 47.1 Å². The van der Waals surface area contributed by atoms with E-state index in [0.717, 1.165) is 15.4 Å². The van der Waals surface area contributed by atoms with Crippen LogP contribution in [0.5, 0.6) is 0 Å². The van der Waals surface area contributed by atoms with E-state index in [4.69, 9.17) is 42.4 Å². The zero-order valence-corrected chi connectivity index (χ0v) is 35.5. The first-order chi connectivity index (χ1) is 26.8. The minimum atomic E-state index is -1.27. The molecule has 1 unspecified atom stereocenters. The summed E-state index contributed by atoms with van der Waals surface area (Å²) in [6.45, 7) is 14.8. The van der Waals surface area contributed by atoms with Crippen LogP contribution in [0.2, 0.25) is 10.0 Å². The maximum atomic E-state index is 14.2. The molecule has 0 bridgehead atoms. The van der Waals surface area contributed by atoms with Crippen LogP contribution < -0.4 is 15.1 Å². The van der Waals surface area contributed by atoms with Crippen LogP contribution in [0.1, 0.15) is 86.3 Å². The highest BCUT2D eigenvalue weighted by molar-refractivity contribution is 6.36. The Bertz CT molecular complexity index is 1960. The molecule has 1 fully saturated rings. The van der Waals surface area contributed by atoms with Crippen LogP contribution in [0, 0.1) is 0 Å². The van der Waals surface area contributed by atoms with Gasteiger partial charge < -0.3 is 29.7 Å². The van der Waals surface area contributed by atoms with Crippen molar-refractivity contribution in [3.05, 3.63) is 69.8 Å². The van der Waals surface area contributed by atoms with E-state index >= 15 is 0 Å². The Kier molecular flexibility index (Phi) is 14.3. The molecule has 2 aromatic carbocycles. The molecule has 2 heterocycles. The predicted molar refractivity (Wildman–Crippen MR) is 217 cm³/mol. The molecule has 0 saturated carbocycles. The Morgan fingerprint density at radius 1 is 0.810 bits per heavy atom. The second kappa shape index (κ2) is 18.2. The molecule has 16 nitrogen and oxygen atoms in total. The fourth-order valence-electron chi connectivity index (χ4n) is 5.77. The van der Waals surface area contributed by atoms with Crippen molar-refractivity contribution in [2.24, 2.45) is 0 Å². The Morgan fingerprint density at radius 3 is 1.84 bits per heavy atom. The topological polar surface area (TPSA) is 201 Å². The highest BCUT2D eigenvalue weighted by Gasteiger charge is 2.40. The van der Waals surface area contributed by atoms with Crippen molar-refractivity contribution in [3.8, 4) is 11.3 Å². The van der Waals surface area contributed by atoms with Crippen LogP contribution in [0.15, 0.2) is 48.7 Å². The van der Waals surface area contributed by atoms with Gasteiger partial charge in [0.25, 0.3) is 0 Å². The summed E-state index contributed by atoms with van der Waals surface area (Å²) in [5, 5.41) is 22.8. The molecule has 1 aliphatic heterocycles. The zero-order chi connectivity index (χ0) is 43.3. The highest BCUT2D eigenvalue weighted by atomic mass is 35.5. The molecule has 4 rings (SSSR count). The van der Waals surface area contributed by atoms with Gasteiger partial charge in [-0.15, -0.1) is 0 Å².